The fourth-order valence-electron chi connectivity index (χ4n) is 5.87. The van der Waals surface area contributed by atoms with Gasteiger partial charge in [-0.15, -0.1) is 0 Å². The van der Waals surface area contributed by atoms with Crippen molar-refractivity contribution in [2.24, 2.45) is 0 Å². The minimum atomic E-state index is -1.10. The minimum absolute atomic E-state index is 0.0253. The number of likely N-dealkylation sites (tertiary alicyclic amines) is 1. The second kappa shape index (κ2) is 11.3. The van der Waals surface area contributed by atoms with Crippen LogP contribution < -0.4 is 5.32 Å². The van der Waals surface area contributed by atoms with E-state index in [2.05, 4.69) is 10.3 Å². The normalized spacial score (nSPS) is 20.4. The summed E-state index contributed by atoms with van der Waals surface area (Å²) in [6.45, 7) is 9.21. The molecule has 0 spiro atoms. The van der Waals surface area contributed by atoms with Crippen molar-refractivity contribution in [3.63, 3.8) is 0 Å². The van der Waals surface area contributed by atoms with Gasteiger partial charge in [-0.1, -0.05) is 24.3 Å². The van der Waals surface area contributed by atoms with Crippen LogP contribution >= 0.6 is 0 Å². The summed E-state index contributed by atoms with van der Waals surface area (Å²) in [5.41, 5.74) is 4.59. The maximum Gasteiger partial charge on any atom is 0.327 e. The second-order valence-electron chi connectivity index (χ2n) is 11.1. The van der Waals surface area contributed by atoms with Crippen LogP contribution in [0.15, 0.2) is 42.7 Å². The molecule has 1 aromatic heterocycles. The number of nitrogens with zero attached hydrogens (tertiary/aromatic N) is 5. The van der Waals surface area contributed by atoms with E-state index >= 15 is 0 Å². The molecule has 2 N–H and O–H groups in total. The number of pyridine rings is 1. The number of carbonyl (C=O) groups is 3. The Labute approximate surface area is 235 Å². The van der Waals surface area contributed by atoms with E-state index in [1.807, 2.05) is 62.9 Å². The lowest BCUT2D eigenvalue weighted by Crippen LogP contribution is -2.56. The van der Waals surface area contributed by atoms with Gasteiger partial charge in [0, 0.05) is 49.7 Å². The number of anilines is 1. The van der Waals surface area contributed by atoms with Crippen molar-refractivity contribution in [3.05, 3.63) is 65.0 Å². The summed E-state index contributed by atoms with van der Waals surface area (Å²) in [5, 5.41) is 14.1. The molecule has 3 aliphatic rings. The average molecular weight is 547 g/mol. The van der Waals surface area contributed by atoms with E-state index in [4.69, 9.17) is 0 Å². The lowest BCUT2D eigenvalue weighted by molar-refractivity contribution is -0.133. The van der Waals surface area contributed by atoms with Crippen molar-refractivity contribution in [1.82, 2.24) is 24.6 Å². The Morgan fingerprint density at radius 1 is 1.10 bits per heavy atom. The van der Waals surface area contributed by atoms with Gasteiger partial charge in [0.05, 0.1) is 0 Å². The van der Waals surface area contributed by atoms with Gasteiger partial charge in [-0.3, -0.25) is 19.9 Å². The van der Waals surface area contributed by atoms with Crippen LogP contribution in [-0.2, 0) is 11.2 Å². The van der Waals surface area contributed by atoms with E-state index in [0.29, 0.717) is 43.9 Å². The Balaban J connectivity index is 1.27. The number of carbonyl (C=O) groups excluding carboxylic acids is 3. The molecule has 0 saturated carbocycles. The van der Waals surface area contributed by atoms with Gasteiger partial charge in [-0.05, 0) is 75.3 Å². The third-order valence-corrected chi connectivity index (χ3v) is 8.34. The predicted octanol–water partition coefficient (Wildman–Crippen LogP) is 3.58. The Kier molecular flexibility index (Phi) is 7.80. The first kappa shape index (κ1) is 27.6. The highest BCUT2D eigenvalue weighted by Gasteiger charge is 2.38. The van der Waals surface area contributed by atoms with Gasteiger partial charge in [0.1, 0.15) is 12.4 Å². The smallest absolute Gasteiger partial charge is 0.327 e. The first-order valence-corrected chi connectivity index (χ1v) is 14.0. The van der Waals surface area contributed by atoms with E-state index < -0.39 is 12.3 Å². The molecule has 4 heterocycles. The minimum Gasteiger partial charge on any atom is -0.369 e. The largest absolute Gasteiger partial charge is 0.369 e. The number of hydrogen-bond acceptors (Lipinski definition) is 5. The highest BCUT2D eigenvalue weighted by atomic mass is 16.3. The summed E-state index contributed by atoms with van der Waals surface area (Å²) in [6.07, 6.45) is 4.26. The second-order valence-corrected chi connectivity index (χ2v) is 11.1. The number of urea groups is 2. The van der Waals surface area contributed by atoms with Gasteiger partial charge in [-0.2, -0.15) is 0 Å². The molecule has 0 bridgehead atoms. The number of aromatic nitrogens is 1. The molecular weight excluding hydrogens is 508 g/mol. The van der Waals surface area contributed by atoms with Crippen molar-refractivity contribution in [3.8, 4) is 0 Å². The van der Waals surface area contributed by atoms with E-state index in [-0.39, 0.29) is 30.6 Å². The van der Waals surface area contributed by atoms with Gasteiger partial charge in [0.2, 0.25) is 5.91 Å². The van der Waals surface area contributed by atoms with Gasteiger partial charge in [-0.25, -0.2) is 14.6 Å². The summed E-state index contributed by atoms with van der Waals surface area (Å²) >= 11 is 0. The number of amides is 5. The van der Waals surface area contributed by atoms with Crippen LogP contribution in [0.2, 0.25) is 0 Å². The number of aliphatic hydroxyl groups is 1. The molecule has 212 valence electrons. The standard InChI is InChI=1S/C30H38N6O4/c1-19(2)36-28(38)25(24-9-5-7-20(3)21(24)4)17-34(30(36)40)18-26(37)33-14-11-23(12-15-33)35-16-10-22-8-6-13-31-27(22)32-29(35)39/h5-9,13,17,19,23,28,38H,10-12,14-16,18H2,1-4H3,(H,31,32,39). The molecule has 1 fully saturated rings. The quantitative estimate of drug-likeness (QED) is 0.596. The molecule has 40 heavy (non-hydrogen) atoms. The highest BCUT2D eigenvalue weighted by Crippen LogP contribution is 2.32. The molecule has 1 unspecified atom stereocenters. The number of nitrogens with one attached hydrogen (secondary N) is 1. The molecule has 10 heteroatoms. The monoisotopic (exact) mass is 546 g/mol. The fourth-order valence-corrected chi connectivity index (χ4v) is 5.87. The zero-order chi connectivity index (χ0) is 28.6. The fraction of sp³-hybridized carbons (Fsp3) is 0.467. The van der Waals surface area contributed by atoms with Crippen LogP contribution in [0, 0.1) is 13.8 Å². The molecular formula is C30H38N6O4. The number of aliphatic hydroxyl groups excluding tert-OH is 1. The van der Waals surface area contributed by atoms with Crippen LogP contribution in [-0.4, -0.2) is 92.2 Å². The van der Waals surface area contributed by atoms with E-state index in [9.17, 15) is 19.5 Å². The summed E-state index contributed by atoms with van der Waals surface area (Å²) in [6, 6.07) is 8.95. The van der Waals surface area contributed by atoms with Gasteiger partial charge < -0.3 is 14.9 Å². The first-order valence-electron chi connectivity index (χ1n) is 14.0. The van der Waals surface area contributed by atoms with Crippen molar-refractivity contribution < 1.29 is 19.5 Å². The summed E-state index contributed by atoms with van der Waals surface area (Å²) in [4.78, 5) is 50.4. The Bertz CT molecular complexity index is 1330. The van der Waals surface area contributed by atoms with Crippen molar-refractivity contribution in [2.45, 2.75) is 65.3 Å². The molecule has 1 saturated heterocycles. The highest BCUT2D eigenvalue weighted by molar-refractivity contribution is 5.91. The topological polar surface area (TPSA) is 109 Å². The third-order valence-electron chi connectivity index (χ3n) is 8.34. The first-order chi connectivity index (χ1) is 19.2. The van der Waals surface area contributed by atoms with Crippen molar-refractivity contribution in [2.75, 3.05) is 31.5 Å². The summed E-state index contributed by atoms with van der Waals surface area (Å²) in [7, 11) is 0. The maximum atomic E-state index is 13.4. The molecule has 1 aromatic carbocycles. The lowest BCUT2D eigenvalue weighted by Gasteiger charge is -2.42. The Hall–Kier alpha value is -3.92. The van der Waals surface area contributed by atoms with Gasteiger partial charge in [0.15, 0.2) is 6.23 Å². The van der Waals surface area contributed by atoms with Crippen molar-refractivity contribution in [1.29, 1.82) is 0 Å². The number of benzene rings is 1. The van der Waals surface area contributed by atoms with Crippen LogP contribution in [0.5, 0.6) is 0 Å². The Morgan fingerprint density at radius 2 is 1.85 bits per heavy atom. The Morgan fingerprint density at radius 3 is 2.58 bits per heavy atom. The van der Waals surface area contributed by atoms with Crippen molar-refractivity contribution >= 4 is 29.4 Å². The molecule has 3 aliphatic heterocycles. The third kappa shape index (κ3) is 5.28. The number of aryl methyl sites for hydroxylation is 1. The number of fused-ring (bicyclic) bond motifs is 1. The van der Waals surface area contributed by atoms with Crippen LogP contribution in [0.3, 0.4) is 0 Å². The molecule has 5 rings (SSSR count). The predicted molar refractivity (Wildman–Crippen MR) is 152 cm³/mol. The summed E-state index contributed by atoms with van der Waals surface area (Å²) < 4.78 is 0. The number of hydrogen-bond donors (Lipinski definition) is 2. The van der Waals surface area contributed by atoms with E-state index in [1.54, 1.807) is 17.3 Å². The molecule has 1 atom stereocenters. The molecule has 5 amide bonds. The molecule has 0 radical (unpaired) electrons. The maximum absolute atomic E-state index is 13.4. The van der Waals surface area contributed by atoms with Crippen LogP contribution in [0.25, 0.3) is 5.57 Å². The van der Waals surface area contributed by atoms with E-state index in [0.717, 1.165) is 28.7 Å². The SMILES string of the molecule is Cc1cccc(C2=CN(CC(=O)N3CCC(N4CCc5cccnc5NC4=O)CC3)C(=O)N(C(C)C)C2O)c1C. The molecule has 10 nitrogen and oxygen atoms in total. The average Bonchev–Trinajstić information content (AvgIpc) is 3.10. The lowest BCUT2D eigenvalue weighted by atomic mass is 9.95. The molecule has 0 aliphatic carbocycles. The zero-order valence-electron chi connectivity index (χ0n) is 23.6. The van der Waals surface area contributed by atoms with E-state index in [1.165, 1.54) is 9.80 Å². The number of piperidine rings is 1. The van der Waals surface area contributed by atoms with Gasteiger partial charge >= 0.3 is 12.1 Å². The molecule has 2 aromatic rings. The zero-order valence-corrected chi connectivity index (χ0v) is 23.6. The van der Waals surface area contributed by atoms with Crippen LogP contribution in [0.1, 0.15) is 48.9 Å². The summed E-state index contributed by atoms with van der Waals surface area (Å²) in [5.74, 6) is 0.461. The van der Waals surface area contributed by atoms with Gasteiger partial charge in [0.25, 0.3) is 0 Å². The van der Waals surface area contributed by atoms with Crippen LogP contribution in [0.4, 0.5) is 15.4 Å². The number of rotatable bonds is 5.